The van der Waals surface area contributed by atoms with Gasteiger partial charge >= 0.3 is 0 Å². The lowest BCUT2D eigenvalue weighted by Crippen LogP contribution is -2.20. The fourth-order valence-electron chi connectivity index (χ4n) is 2.01. The molecule has 0 bridgehead atoms. The molecule has 5 heteroatoms. The van der Waals surface area contributed by atoms with Crippen molar-refractivity contribution in [3.05, 3.63) is 41.0 Å². The highest BCUT2D eigenvalue weighted by atomic mass is 32.2. The number of hydrogen-bond donors (Lipinski definition) is 1. The van der Waals surface area contributed by atoms with Gasteiger partial charge in [-0.15, -0.1) is 0 Å². The second kappa shape index (κ2) is 5.17. The molecule has 0 heterocycles. The Morgan fingerprint density at radius 3 is 2.53 bits per heavy atom. The predicted molar refractivity (Wildman–Crippen MR) is 76.7 cm³/mol. The number of hydrogen-bond acceptors (Lipinski definition) is 3. The van der Waals surface area contributed by atoms with E-state index >= 15 is 0 Å². The van der Waals surface area contributed by atoms with Crippen LogP contribution in [-0.4, -0.2) is 14.1 Å². The Morgan fingerprint density at radius 2 is 1.89 bits per heavy atom. The van der Waals surface area contributed by atoms with Crippen molar-refractivity contribution >= 4 is 15.7 Å². The zero-order valence-corrected chi connectivity index (χ0v) is 12.2. The van der Waals surface area contributed by atoms with Gasteiger partial charge in [0.25, 0.3) is 10.0 Å². The first-order valence-electron chi connectivity index (χ1n) is 6.21. The van der Waals surface area contributed by atoms with E-state index in [-0.39, 0.29) is 4.90 Å². The minimum atomic E-state index is -3.59. The third-order valence-electron chi connectivity index (χ3n) is 3.13. The predicted octanol–water partition coefficient (Wildman–Crippen LogP) is 2.68. The standard InChI is InChI=1S/C14H18N2O2S/c1-10-5-7-13(8-10)15-16-19(17,18)14-9-11(2)4-6-12(14)3/h4,6,8-9,16H,5,7H2,1-3H3/b15-13-. The summed E-state index contributed by atoms with van der Waals surface area (Å²) in [6, 6.07) is 5.35. The fraction of sp³-hybridized carbons (Fsp3) is 0.357. The Labute approximate surface area is 114 Å². The molecule has 1 aromatic carbocycles. The van der Waals surface area contributed by atoms with E-state index in [9.17, 15) is 8.42 Å². The third kappa shape index (κ3) is 3.23. The van der Waals surface area contributed by atoms with Gasteiger partial charge in [0.1, 0.15) is 0 Å². The first kappa shape index (κ1) is 13.8. The van der Waals surface area contributed by atoms with Crippen LogP contribution in [0.4, 0.5) is 0 Å². The molecular weight excluding hydrogens is 260 g/mol. The molecule has 1 aliphatic rings. The number of aryl methyl sites for hydroxylation is 2. The topological polar surface area (TPSA) is 58.5 Å². The van der Waals surface area contributed by atoms with E-state index in [4.69, 9.17) is 0 Å². The van der Waals surface area contributed by atoms with Gasteiger partial charge in [-0.05, 0) is 56.9 Å². The second-order valence-corrected chi connectivity index (χ2v) is 6.59. The second-order valence-electron chi connectivity index (χ2n) is 4.96. The van der Waals surface area contributed by atoms with E-state index in [1.54, 1.807) is 19.1 Å². The van der Waals surface area contributed by atoms with E-state index < -0.39 is 10.0 Å². The number of benzene rings is 1. The summed E-state index contributed by atoms with van der Waals surface area (Å²) in [5.41, 5.74) is 3.64. The van der Waals surface area contributed by atoms with Crippen LogP contribution >= 0.6 is 0 Å². The van der Waals surface area contributed by atoms with E-state index in [1.807, 2.05) is 26.0 Å². The Kier molecular flexibility index (Phi) is 3.75. The van der Waals surface area contributed by atoms with Crippen molar-refractivity contribution in [3.8, 4) is 0 Å². The average Bonchev–Trinajstić information content (AvgIpc) is 2.76. The highest BCUT2D eigenvalue weighted by molar-refractivity contribution is 7.89. The van der Waals surface area contributed by atoms with Crippen molar-refractivity contribution in [1.82, 2.24) is 4.83 Å². The summed E-state index contributed by atoms with van der Waals surface area (Å²) in [7, 11) is -3.59. The largest absolute Gasteiger partial charge is 0.276 e. The van der Waals surface area contributed by atoms with Gasteiger partial charge in [-0.2, -0.15) is 18.4 Å². The van der Waals surface area contributed by atoms with Gasteiger partial charge in [0.05, 0.1) is 10.6 Å². The smallest absolute Gasteiger partial charge is 0.200 e. The summed E-state index contributed by atoms with van der Waals surface area (Å²) in [4.78, 5) is 2.61. The van der Waals surface area contributed by atoms with E-state index in [0.717, 1.165) is 29.7 Å². The zero-order valence-electron chi connectivity index (χ0n) is 11.4. The van der Waals surface area contributed by atoms with E-state index in [2.05, 4.69) is 9.93 Å². The summed E-state index contributed by atoms with van der Waals surface area (Å²) in [6.45, 7) is 5.66. The molecule has 0 spiro atoms. The van der Waals surface area contributed by atoms with Gasteiger partial charge in [-0.25, -0.2) is 0 Å². The Balaban J connectivity index is 2.26. The van der Waals surface area contributed by atoms with Crippen LogP contribution < -0.4 is 4.83 Å². The highest BCUT2D eigenvalue weighted by Crippen LogP contribution is 2.18. The van der Waals surface area contributed by atoms with Gasteiger partial charge in [0, 0.05) is 0 Å². The van der Waals surface area contributed by atoms with Gasteiger partial charge < -0.3 is 0 Å². The Bertz CT molecular complexity index is 658. The van der Waals surface area contributed by atoms with Crippen LogP contribution in [0.5, 0.6) is 0 Å². The third-order valence-corrected chi connectivity index (χ3v) is 4.48. The molecule has 0 saturated heterocycles. The number of nitrogens with zero attached hydrogens (tertiary/aromatic N) is 1. The minimum Gasteiger partial charge on any atom is -0.200 e. The number of allylic oxidation sites excluding steroid dienone is 2. The van der Waals surface area contributed by atoms with Crippen LogP contribution in [0.25, 0.3) is 0 Å². The molecule has 1 N–H and O–H groups in total. The number of rotatable bonds is 3. The summed E-state index contributed by atoms with van der Waals surface area (Å²) in [5.74, 6) is 0. The van der Waals surface area contributed by atoms with Crippen molar-refractivity contribution < 1.29 is 8.42 Å². The van der Waals surface area contributed by atoms with Crippen molar-refractivity contribution in [2.75, 3.05) is 0 Å². The lowest BCUT2D eigenvalue weighted by Gasteiger charge is -2.08. The van der Waals surface area contributed by atoms with E-state index in [0.29, 0.717) is 0 Å². The molecule has 4 nitrogen and oxygen atoms in total. The molecule has 102 valence electrons. The van der Waals surface area contributed by atoms with Crippen LogP contribution in [-0.2, 0) is 10.0 Å². The molecule has 0 unspecified atom stereocenters. The molecule has 0 atom stereocenters. The summed E-state index contributed by atoms with van der Waals surface area (Å²) >= 11 is 0. The Morgan fingerprint density at radius 1 is 1.16 bits per heavy atom. The van der Waals surface area contributed by atoms with Gasteiger partial charge in [0.15, 0.2) is 0 Å². The molecule has 19 heavy (non-hydrogen) atoms. The number of nitrogens with one attached hydrogen (secondary N) is 1. The van der Waals surface area contributed by atoms with Gasteiger partial charge in [-0.3, -0.25) is 0 Å². The molecule has 1 aromatic rings. The molecule has 0 aliphatic heterocycles. The maximum absolute atomic E-state index is 12.2. The maximum atomic E-state index is 12.2. The minimum absolute atomic E-state index is 0.288. The average molecular weight is 278 g/mol. The molecular formula is C14H18N2O2S. The van der Waals surface area contributed by atoms with Crippen molar-refractivity contribution in [2.24, 2.45) is 5.10 Å². The summed E-state index contributed by atoms with van der Waals surface area (Å²) in [6.07, 6.45) is 3.66. The number of hydrazone groups is 1. The van der Waals surface area contributed by atoms with Crippen LogP contribution in [0.15, 0.2) is 39.8 Å². The molecule has 0 amide bonds. The zero-order chi connectivity index (χ0) is 14.0. The molecule has 0 saturated carbocycles. The normalized spacial score (nSPS) is 17.6. The van der Waals surface area contributed by atoms with E-state index in [1.165, 1.54) is 5.57 Å². The highest BCUT2D eigenvalue weighted by Gasteiger charge is 2.17. The molecule has 0 aromatic heterocycles. The van der Waals surface area contributed by atoms with Crippen molar-refractivity contribution in [2.45, 2.75) is 38.5 Å². The molecule has 0 fully saturated rings. The fourth-order valence-corrected chi connectivity index (χ4v) is 3.18. The number of sulfonamides is 1. The first-order valence-corrected chi connectivity index (χ1v) is 7.69. The van der Waals surface area contributed by atoms with Crippen LogP contribution in [0.1, 0.15) is 30.9 Å². The van der Waals surface area contributed by atoms with Crippen LogP contribution in [0, 0.1) is 13.8 Å². The quantitative estimate of drug-likeness (QED) is 0.864. The summed E-state index contributed by atoms with van der Waals surface area (Å²) in [5, 5.41) is 3.99. The first-order chi connectivity index (χ1) is 8.88. The monoisotopic (exact) mass is 278 g/mol. The van der Waals surface area contributed by atoms with Gasteiger partial charge in [0.2, 0.25) is 0 Å². The molecule has 2 rings (SSSR count). The van der Waals surface area contributed by atoms with Crippen LogP contribution in [0.3, 0.4) is 0 Å². The molecule has 1 aliphatic carbocycles. The van der Waals surface area contributed by atoms with Crippen LogP contribution in [0.2, 0.25) is 0 Å². The van der Waals surface area contributed by atoms with Gasteiger partial charge in [-0.1, -0.05) is 17.7 Å². The van der Waals surface area contributed by atoms with Crippen molar-refractivity contribution in [1.29, 1.82) is 0 Å². The lowest BCUT2D eigenvalue weighted by atomic mass is 10.2. The van der Waals surface area contributed by atoms with Crippen molar-refractivity contribution in [3.63, 3.8) is 0 Å². The Hall–Kier alpha value is -1.62. The summed E-state index contributed by atoms with van der Waals surface area (Å²) < 4.78 is 24.4. The molecule has 0 radical (unpaired) electrons. The maximum Gasteiger partial charge on any atom is 0.276 e. The lowest BCUT2D eigenvalue weighted by molar-refractivity contribution is 0.583. The SMILES string of the molecule is CC1=C/C(=N\NS(=O)(=O)c2cc(C)ccc2C)CC1.